The Bertz CT molecular complexity index is 795. The predicted molar refractivity (Wildman–Crippen MR) is 111 cm³/mol. The van der Waals surface area contributed by atoms with Crippen LogP contribution in [-0.4, -0.2) is 36.3 Å². The Balaban J connectivity index is 1.43. The van der Waals surface area contributed by atoms with E-state index < -0.39 is 0 Å². The molecule has 1 unspecified atom stereocenters. The lowest BCUT2D eigenvalue weighted by molar-refractivity contribution is -0.126. The molecule has 1 aliphatic rings. The molecule has 0 spiro atoms. The van der Waals surface area contributed by atoms with Crippen LogP contribution in [0.3, 0.4) is 0 Å². The number of carbonyl (C=O) groups is 2. The molecule has 2 aromatic rings. The molecule has 1 atom stereocenters. The Labute approximate surface area is 173 Å². The van der Waals surface area contributed by atoms with Gasteiger partial charge in [0.15, 0.2) is 0 Å². The van der Waals surface area contributed by atoms with Crippen molar-refractivity contribution in [3.8, 4) is 0 Å². The molecule has 1 aromatic heterocycles. The molecule has 144 valence electrons. The fourth-order valence-electron chi connectivity index (χ4n) is 3.28. The largest absolute Gasteiger partial charge is 0.356 e. The molecule has 1 saturated heterocycles. The molecule has 1 aliphatic heterocycles. The topological polar surface area (TPSA) is 49.4 Å². The Hall–Kier alpha value is -1.56. The smallest absolute Gasteiger partial charge is 0.263 e. The van der Waals surface area contributed by atoms with Gasteiger partial charge in [-0.3, -0.25) is 9.59 Å². The molecule has 0 aliphatic carbocycles. The molecule has 1 aromatic carbocycles. The monoisotopic (exact) mass is 424 g/mol. The van der Waals surface area contributed by atoms with Gasteiger partial charge in [-0.1, -0.05) is 35.3 Å². The van der Waals surface area contributed by atoms with Gasteiger partial charge in [-0.25, -0.2) is 0 Å². The van der Waals surface area contributed by atoms with Crippen molar-refractivity contribution >= 4 is 46.4 Å². The SMILES string of the molecule is O=C(NCCCc1ccc(Cl)c(Cl)c1)C1CCCN(C(=O)c2cccs2)C1. The highest BCUT2D eigenvalue weighted by atomic mass is 35.5. The summed E-state index contributed by atoms with van der Waals surface area (Å²) in [5, 5.41) is 6.01. The van der Waals surface area contributed by atoms with Crippen LogP contribution in [0.4, 0.5) is 0 Å². The first-order valence-corrected chi connectivity index (χ1v) is 10.7. The molecule has 0 bridgehead atoms. The van der Waals surface area contributed by atoms with E-state index in [1.165, 1.54) is 11.3 Å². The second-order valence-electron chi connectivity index (χ2n) is 6.71. The van der Waals surface area contributed by atoms with Crippen molar-refractivity contribution in [2.24, 2.45) is 5.92 Å². The molecular weight excluding hydrogens is 403 g/mol. The molecule has 1 N–H and O–H groups in total. The van der Waals surface area contributed by atoms with Crippen LogP contribution in [0, 0.1) is 5.92 Å². The van der Waals surface area contributed by atoms with E-state index in [0.717, 1.165) is 42.7 Å². The number of rotatable bonds is 6. The number of carbonyl (C=O) groups excluding carboxylic acids is 2. The van der Waals surface area contributed by atoms with Crippen LogP contribution >= 0.6 is 34.5 Å². The van der Waals surface area contributed by atoms with Crippen molar-refractivity contribution < 1.29 is 9.59 Å². The van der Waals surface area contributed by atoms with Crippen molar-refractivity contribution in [1.29, 1.82) is 0 Å². The van der Waals surface area contributed by atoms with Gasteiger partial charge >= 0.3 is 0 Å². The van der Waals surface area contributed by atoms with Crippen LogP contribution in [-0.2, 0) is 11.2 Å². The summed E-state index contributed by atoms with van der Waals surface area (Å²) < 4.78 is 0. The summed E-state index contributed by atoms with van der Waals surface area (Å²) in [6, 6.07) is 9.31. The fraction of sp³-hybridized carbons (Fsp3) is 0.400. The van der Waals surface area contributed by atoms with Gasteiger partial charge in [0.1, 0.15) is 0 Å². The number of benzene rings is 1. The predicted octanol–water partition coefficient (Wildman–Crippen LogP) is 4.66. The standard InChI is InChI=1S/C20H22Cl2N2O2S/c21-16-8-7-14(12-17(16)22)4-1-9-23-19(25)15-5-2-10-24(13-15)20(26)18-6-3-11-27-18/h3,6-8,11-12,15H,1-2,4-5,9-10,13H2,(H,23,25). The number of hydrogen-bond donors (Lipinski definition) is 1. The lowest BCUT2D eigenvalue weighted by Crippen LogP contribution is -2.45. The Morgan fingerprint density at radius 3 is 2.81 bits per heavy atom. The van der Waals surface area contributed by atoms with Crippen molar-refractivity contribution in [2.45, 2.75) is 25.7 Å². The number of likely N-dealkylation sites (tertiary alicyclic amines) is 1. The van der Waals surface area contributed by atoms with Crippen LogP contribution in [0.2, 0.25) is 10.0 Å². The van der Waals surface area contributed by atoms with Crippen LogP contribution in [0.25, 0.3) is 0 Å². The summed E-state index contributed by atoms with van der Waals surface area (Å²) in [6.45, 7) is 1.82. The van der Waals surface area contributed by atoms with Crippen molar-refractivity contribution in [3.05, 3.63) is 56.2 Å². The quantitative estimate of drug-likeness (QED) is 0.685. The highest BCUT2D eigenvalue weighted by molar-refractivity contribution is 7.12. The maximum Gasteiger partial charge on any atom is 0.263 e. The second kappa shape index (κ2) is 9.58. The maximum atomic E-state index is 12.5. The first-order chi connectivity index (χ1) is 13.0. The molecule has 27 heavy (non-hydrogen) atoms. The van der Waals surface area contributed by atoms with Gasteiger partial charge in [0, 0.05) is 19.6 Å². The van der Waals surface area contributed by atoms with Gasteiger partial charge in [-0.15, -0.1) is 11.3 Å². The zero-order valence-electron chi connectivity index (χ0n) is 14.9. The van der Waals surface area contributed by atoms with E-state index in [9.17, 15) is 9.59 Å². The summed E-state index contributed by atoms with van der Waals surface area (Å²) in [5.74, 6) is -0.0671. The minimum Gasteiger partial charge on any atom is -0.356 e. The molecule has 0 radical (unpaired) electrons. The summed E-state index contributed by atoms with van der Waals surface area (Å²) in [6.07, 6.45) is 3.34. The summed E-state index contributed by atoms with van der Waals surface area (Å²) >= 11 is 13.4. The van der Waals surface area contributed by atoms with Gasteiger partial charge in [0.2, 0.25) is 5.91 Å². The van der Waals surface area contributed by atoms with Crippen molar-refractivity contribution in [2.75, 3.05) is 19.6 Å². The number of halogens is 2. The lowest BCUT2D eigenvalue weighted by Gasteiger charge is -2.31. The molecule has 1 fully saturated rings. The number of amides is 2. The van der Waals surface area contributed by atoms with E-state index in [-0.39, 0.29) is 17.7 Å². The number of thiophene rings is 1. The molecule has 3 rings (SSSR count). The molecular formula is C20H22Cl2N2O2S. The van der Waals surface area contributed by atoms with Crippen LogP contribution in [0.5, 0.6) is 0 Å². The van der Waals surface area contributed by atoms with E-state index in [1.54, 1.807) is 11.0 Å². The molecule has 4 nitrogen and oxygen atoms in total. The Morgan fingerprint density at radius 1 is 1.22 bits per heavy atom. The normalized spacial score (nSPS) is 17.0. The summed E-state index contributed by atoms with van der Waals surface area (Å²) in [5.41, 5.74) is 1.10. The third-order valence-electron chi connectivity index (χ3n) is 4.74. The first kappa shape index (κ1) is 20.2. The Morgan fingerprint density at radius 2 is 2.07 bits per heavy atom. The van der Waals surface area contributed by atoms with E-state index >= 15 is 0 Å². The van der Waals surface area contributed by atoms with Crippen LogP contribution < -0.4 is 5.32 Å². The number of hydrogen-bond acceptors (Lipinski definition) is 3. The van der Waals surface area contributed by atoms with Crippen LogP contribution in [0.15, 0.2) is 35.7 Å². The number of nitrogens with one attached hydrogen (secondary N) is 1. The van der Waals surface area contributed by atoms with Gasteiger partial charge in [-0.2, -0.15) is 0 Å². The van der Waals surface area contributed by atoms with E-state index in [4.69, 9.17) is 23.2 Å². The zero-order valence-corrected chi connectivity index (χ0v) is 17.2. The highest BCUT2D eigenvalue weighted by Crippen LogP contribution is 2.23. The minimum atomic E-state index is -0.132. The van der Waals surface area contributed by atoms with Gasteiger partial charge < -0.3 is 10.2 Å². The maximum absolute atomic E-state index is 12.5. The third kappa shape index (κ3) is 5.47. The summed E-state index contributed by atoms with van der Waals surface area (Å²) in [7, 11) is 0. The molecule has 2 amide bonds. The fourth-order valence-corrected chi connectivity index (χ4v) is 4.29. The first-order valence-electron chi connectivity index (χ1n) is 9.09. The lowest BCUT2D eigenvalue weighted by atomic mass is 9.97. The molecule has 0 saturated carbocycles. The highest BCUT2D eigenvalue weighted by Gasteiger charge is 2.29. The van der Waals surface area contributed by atoms with E-state index in [0.29, 0.717) is 23.1 Å². The molecule has 2 heterocycles. The average molecular weight is 425 g/mol. The zero-order chi connectivity index (χ0) is 19.2. The van der Waals surface area contributed by atoms with E-state index in [1.807, 2.05) is 29.6 Å². The van der Waals surface area contributed by atoms with Crippen molar-refractivity contribution in [3.63, 3.8) is 0 Å². The van der Waals surface area contributed by atoms with Gasteiger partial charge in [0.05, 0.1) is 20.8 Å². The average Bonchev–Trinajstić information content (AvgIpc) is 3.22. The number of nitrogens with zero attached hydrogens (tertiary/aromatic N) is 1. The second-order valence-corrected chi connectivity index (χ2v) is 8.47. The van der Waals surface area contributed by atoms with Gasteiger partial charge in [-0.05, 0) is 54.8 Å². The summed E-state index contributed by atoms with van der Waals surface area (Å²) in [4.78, 5) is 27.5. The van der Waals surface area contributed by atoms with Crippen molar-refractivity contribution in [1.82, 2.24) is 10.2 Å². The molecule has 7 heteroatoms. The van der Waals surface area contributed by atoms with E-state index in [2.05, 4.69) is 5.32 Å². The third-order valence-corrected chi connectivity index (χ3v) is 6.33. The Kier molecular flexibility index (Phi) is 7.16. The van der Waals surface area contributed by atoms with Gasteiger partial charge in [0.25, 0.3) is 5.91 Å². The number of piperidine rings is 1. The minimum absolute atomic E-state index is 0.0297. The number of aryl methyl sites for hydroxylation is 1. The van der Waals surface area contributed by atoms with Crippen LogP contribution in [0.1, 0.15) is 34.5 Å².